The summed E-state index contributed by atoms with van der Waals surface area (Å²) < 4.78 is 21.5. The van der Waals surface area contributed by atoms with Gasteiger partial charge in [-0.15, -0.1) is 0 Å². The molecular weight excluding hydrogens is 584 g/mol. The van der Waals surface area contributed by atoms with Gasteiger partial charge in [0.1, 0.15) is 5.70 Å². The van der Waals surface area contributed by atoms with Crippen molar-refractivity contribution in [3.05, 3.63) is 129 Å². The Labute approximate surface area is 255 Å². The molecule has 0 saturated carbocycles. The fourth-order valence-corrected chi connectivity index (χ4v) is 4.06. The molecule has 226 valence electrons. The fourth-order valence-electron chi connectivity index (χ4n) is 4.06. The van der Waals surface area contributed by atoms with Crippen molar-refractivity contribution in [3.8, 4) is 23.0 Å². The number of nitro groups is 1. The average Bonchev–Trinajstić information content (AvgIpc) is 3.53. The van der Waals surface area contributed by atoms with Crippen molar-refractivity contribution in [2.75, 3.05) is 13.9 Å². The summed E-state index contributed by atoms with van der Waals surface area (Å²) in [4.78, 5) is 48.8. The summed E-state index contributed by atoms with van der Waals surface area (Å²) in [6, 6.07) is 23.0. The molecule has 0 unspecified atom stereocenters. The van der Waals surface area contributed by atoms with E-state index in [-0.39, 0.29) is 35.2 Å². The average molecular weight is 609 g/mol. The summed E-state index contributed by atoms with van der Waals surface area (Å²) in [5, 5.41) is 17.5. The number of non-ortho nitro benzene ring substituents is 1. The van der Waals surface area contributed by atoms with E-state index >= 15 is 0 Å². The maximum atomic E-state index is 13.1. The van der Waals surface area contributed by atoms with Crippen LogP contribution in [0.4, 0.5) is 5.69 Å². The van der Waals surface area contributed by atoms with Gasteiger partial charge in [0.2, 0.25) is 6.79 Å². The molecule has 4 aromatic carbocycles. The lowest BCUT2D eigenvalue weighted by molar-refractivity contribution is -0.384. The number of rotatable bonds is 10. The number of carbonyl (C=O) groups excluding carboxylic acids is 3. The Morgan fingerprint density at radius 1 is 0.867 bits per heavy atom. The molecule has 0 bridgehead atoms. The first-order valence-electron chi connectivity index (χ1n) is 13.3. The van der Waals surface area contributed by atoms with E-state index in [1.807, 2.05) is 0 Å². The van der Waals surface area contributed by atoms with E-state index in [9.17, 15) is 24.5 Å². The molecule has 1 aliphatic heterocycles. The van der Waals surface area contributed by atoms with Gasteiger partial charge in [-0.25, -0.2) is 10.2 Å². The lowest BCUT2D eigenvalue weighted by Gasteiger charge is -2.10. The zero-order chi connectivity index (χ0) is 31.8. The molecule has 0 spiro atoms. The van der Waals surface area contributed by atoms with Crippen molar-refractivity contribution in [1.29, 1.82) is 0 Å². The van der Waals surface area contributed by atoms with Crippen LogP contribution in [-0.4, -0.2) is 42.8 Å². The number of methoxy groups -OCH3 is 1. The Balaban J connectivity index is 1.29. The maximum Gasteiger partial charge on any atom is 0.343 e. The number of nitrogens with zero attached hydrogens (tertiary/aromatic N) is 2. The van der Waals surface area contributed by atoms with Crippen molar-refractivity contribution >= 4 is 35.8 Å². The van der Waals surface area contributed by atoms with Crippen LogP contribution in [0.3, 0.4) is 0 Å². The number of amides is 2. The van der Waals surface area contributed by atoms with E-state index in [1.165, 1.54) is 55.8 Å². The zero-order valence-electron chi connectivity index (χ0n) is 23.6. The molecule has 13 heteroatoms. The van der Waals surface area contributed by atoms with Crippen molar-refractivity contribution in [2.45, 2.75) is 0 Å². The van der Waals surface area contributed by atoms with Gasteiger partial charge in [0.05, 0.1) is 23.8 Å². The van der Waals surface area contributed by atoms with Gasteiger partial charge in [-0.1, -0.05) is 24.3 Å². The van der Waals surface area contributed by atoms with E-state index in [1.54, 1.807) is 54.6 Å². The van der Waals surface area contributed by atoms with Gasteiger partial charge >= 0.3 is 5.97 Å². The van der Waals surface area contributed by atoms with Gasteiger partial charge in [0.25, 0.3) is 17.5 Å². The van der Waals surface area contributed by atoms with Crippen molar-refractivity contribution in [3.63, 3.8) is 0 Å². The Morgan fingerprint density at radius 2 is 1.60 bits per heavy atom. The highest BCUT2D eigenvalue weighted by atomic mass is 16.7. The number of hydrogen-bond acceptors (Lipinski definition) is 10. The minimum Gasteiger partial charge on any atom is -0.493 e. The van der Waals surface area contributed by atoms with E-state index in [0.717, 1.165) is 0 Å². The highest BCUT2D eigenvalue weighted by Gasteiger charge is 2.18. The normalized spacial score (nSPS) is 12.0. The van der Waals surface area contributed by atoms with Crippen LogP contribution in [-0.2, 0) is 4.79 Å². The number of ether oxygens (including phenoxy) is 4. The first kappa shape index (κ1) is 30.0. The molecule has 2 amide bonds. The minimum atomic E-state index is -0.740. The van der Waals surface area contributed by atoms with E-state index < -0.39 is 22.7 Å². The number of nitro benzene ring substituents is 1. The van der Waals surface area contributed by atoms with Crippen molar-refractivity contribution < 1.29 is 38.3 Å². The van der Waals surface area contributed by atoms with Gasteiger partial charge in [0.15, 0.2) is 23.0 Å². The molecular formula is C32H24N4O9. The molecule has 1 aliphatic rings. The number of esters is 1. The Bertz CT molecular complexity index is 1820. The molecule has 1 heterocycles. The predicted molar refractivity (Wildman–Crippen MR) is 161 cm³/mol. The molecule has 13 nitrogen and oxygen atoms in total. The molecule has 4 aromatic rings. The number of benzene rings is 4. The first-order chi connectivity index (χ1) is 21.8. The van der Waals surface area contributed by atoms with Crippen LogP contribution in [0.2, 0.25) is 0 Å². The topological polar surface area (TPSA) is 168 Å². The fraction of sp³-hybridized carbons (Fsp3) is 0.0625. The largest absolute Gasteiger partial charge is 0.493 e. The molecule has 0 fully saturated rings. The molecule has 0 aromatic heterocycles. The summed E-state index contributed by atoms with van der Waals surface area (Å²) >= 11 is 0. The first-order valence-corrected chi connectivity index (χ1v) is 13.3. The van der Waals surface area contributed by atoms with Crippen LogP contribution in [0.5, 0.6) is 23.0 Å². The number of hydrazone groups is 1. The second kappa shape index (κ2) is 13.6. The molecule has 0 atom stereocenters. The highest BCUT2D eigenvalue weighted by molar-refractivity contribution is 6.05. The summed E-state index contributed by atoms with van der Waals surface area (Å²) in [7, 11) is 1.38. The molecule has 0 saturated heterocycles. The maximum absolute atomic E-state index is 13.1. The minimum absolute atomic E-state index is 0.0778. The van der Waals surface area contributed by atoms with Crippen LogP contribution in [0.1, 0.15) is 31.8 Å². The Morgan fingerprint density at radius 3 is 2.33 bits per heavy atom. The Kier molecular flexibility index (Phi) is 9.09. The van der Waals surface area contributed by atoms with Gasteiger partial charge in [-0.2, -0.15) is 5.10 Å². The van der Waals surface area contributed by atoms with Crippen LogP contribution in [0.25, 0.3) is 6.08 Å². The molecule has 0 radical (unpaired) electrons. The molecule has 5 rings (SSSR count). The lowest BCUT2D eigenvalue weighted by atomic mass is 10.1. The van der Waals surface area contributed by atoms with Crippen molar-refractivity contribution in [2.24, 2.45) is 5.10 Å². The van der Waals surface area contributed by atoms with E-state index in [0.29, 0.717) is 28.2 Å². The SMILES string of the molecule is COc1cc(/C=N\NC(=O)/C(=C\c2ccc3c(c2)OCO3)NC(=O)c2ccccc2)ccc1OC(=O)c1ccc([N+](=O)[O-])cc1. The van der Waals surface area contributed by atoms with Gasteiger partial charge < -0.3 is 24.3 Å². The molecule has 2 N–H and O–H groups in total. The summed E-state index contributed by atoms with van der Waals surface area (Å²) in [5.41, 5.74) is 3.68. The van der Waals surface area contributed by atoms with E-state index in [4.69, 9.17) is 18.9 Å². The third-order valence-electron chi connectivity index (χ3n) is 6.32. The second-order valence-electron chi connectivity index (χ2n) is 9.29. The standard InChI is InChI=1S/C32H24N4O9/c1-42-28-17-21(8-14-27(28)45-32(39)23-9-11-24(12-10-23)36(40)41)18-33-35-31(38)25(34-30(37)22-5-3-2-4-6-22)15-20-7-13-26-29(16-20)44-19-43-26/h2-18H,19H2,1H3,(H,34,37)(H,35,38)/b25-15+,33-18-. The third-order valence-corrected chi connectivity index (χ3v) is 6.32. The molecule has 0 aliphatic carbocycles. The van der Waals surface area contributed by atoms with E-state index in [2.05, 4.69) is 15.8 Å². The number of nitrogens with one attached hydrogen (secondary N) is 2. The smallest absolute Gasteiger partial charge is 0.343 e. The zero-order valence-corrected chi connectivity index (χ0v) is 23.6. The van der Waals surface area contributed by atoms with Crippen LogP contribution < -0.4 is 29.7 Å². The highest BCUT2D eigenvalue weighted by Crippen LogP contribution is 2.33. The van der Waals surface area contributed by atoms with Gasteiger partial charge in [-0.3, -0.25) is 19.7 Å². The lowest BCUT2D eigenvalue weighted by Crippen LogP contribution is -2.32. The number of fused-ring (bicyclic) bond motifs is 1. The summed E-state index contributed by atoms with van der Waals surface area (Å²) in [6.45, 7) is 0.0866. The Hall–Kier alpha value is -6.50. The van der Waals surface area contributed by atoms with Crippen molar-refractivity contribution in [1.82, 2.24) is 10.7 Å². The quantitative estimate of drug-likeness (QED) is 0.0659. The van der Waals surface area contributed by atoms with Gasteiger partial charge in [-0.05, 0) is 71.8 Å². The van der Waals surface area contributed by atoms with Crippen LogP contribution >= 0.6 is 0 Å². The number of hydrogen-bond donors (Lipinski definition) is 2. The third kappa shape index (κ3) is 7.48. The number of carbonyl (C=O) groups is 3. The molecule has 45 heavy (non-hydrogen) atoms. The van der Waals surface area contributed by atoms with Crippen LogP contribution in [0.15, 0.2) is 102 Å². The summed E-state index contributed by atoms with van der Waals surface area (Å²) in [6.07, 6.45) is 2.81. The monoisotopic (exact) mass is 608 g/mol. The second-order valence-corrected chi connectivity index (χ2v) is 9.29. The van der Waals surface area contributed by atoms with Crippen LogP contribution in [0, 0.1) is 10.1 Å². The predicted octanol–water partition coefficient (Wildman–Crippen LogP) is 4.47. The van der Waals surface area contributed by atoms with Gasteiger partial charge in [0, 0.05) is 17.7 Å². The summed E-state index contributed by atoms with van der Waals surface area (Å²) in [5.74, 6) is -0.570.